The van der Waals surface area contributed by atoms with E-state index in [2.05, 4.69) is 274 Å². The van der Waals surface area contributed by atoms with Crippen molar-refractivity contribution in [1.29, 1.82) is 0 Å². The van der Waals surface area contributed by atoms with Gasteiger partial charge in [-0.25, -0.2) is 0 Å². The van der Waals surface area contributed by atoms with Crippen molar-refractivity contribution >= 4 is 90.1 Å². The molecule has 1 aliphatic carbocycles. The molecule has 0 saturated heterocycles. The van der Waals surface area contributed by atoms with Crippen LogP contribution in [0, 0.1) is 0 Å². The van der Waals surface area contributed by atoms with E-state index in [1.807, 2.05) is 0 Å². The minimum absolute atomic E-state index is 0.783. The van der Waals surface area contributed by atoms with Crippen LogP contribution in [0.2, 0.25) is 0 Å². The van der Waals surface area contributed by atoms with Gasteiger partial charge < -0.3 is 19.6 Å². The zero-order chi connectivity index (χ0) is 46.6. The predicted molar refractivity (Wildman–Crippen MR) is 292 cm³/mol. The van der Waals surface area contributed by atoms with Gasteiger partial charge in [0.25, 0.3) is 0 Å². The number of benzene rings is 10. The molecular weight excluding hydrogens is 853 g/mol. The smallest absolute Gasteiger partial charge is 0.115 e. The maximum absolute atomic E-state index is 5.13. The van der Waals surface area contributed by atoms with Gasteiger partial charge in [0.15, 0.2) is 0 Å². The topological polar surface area (TPSA) is 38.7 Å². The lowest BCUT2D eigenvalue weighted by atomic mass is 9.93. The second-order valence-corrected chi connectivity index (χ2v) is 17.4. The van der Waals surface area contributed by atoms with Crippen molar-refractivity contribution in [3.05, 3.63) is 278 Å². The summed E-state index contributed by atoms with van der Waals surface area (Å²) in [5.41, 5.74) is 16.7. The van der Waals surface area contributed by atoms with Crippen LogP contribution in [0.15, 0.2) is 267 Å². The number of fused-ring (bicyclic) bond motifs is 3. The summed E-state index contributed by atoms with van der Waals surface area (Å²) < 4.78 is 0. The molecule has 0 fully saturated rings. The van der Waals surface area contributed by atoms with Crippen LogP contribution in [-0.2, 0) is 6.42 Å². The average Bonchev–Trinajstić information content (AvgIpc) is 3.44. The summed E-state index contributed by atoms with van der Waals surface area (Å²) in [7, 11) is 0. The maximum atomic E-state index is 5.13. The Morgan fingerprint density at radius 2 is 0.686 bits per heavy atom. The number of para-hydroxylation sites is 4. The maximum Gasteiger partial charge on any atom is 0.115 e. The third-order valence-corrected chi connectivity index (χ3v) is 13.1. The lowest BCUT2D eigenvalue weighted by Crippen LogP contribution is -2.19. The van der Waals surface area contributed by atoms with Gasteiger partial charge in [0, 0.05) is 74.5 Å². The van der Waals surface area contributed by atoms with E-state index in [9.17, 15) is 0 Å². The van der Waals surface area contributed by atoms with Gasteiger partial charge >= 0.3 is 0 Å². The second kappa shape index (κ2) is 18.8. The Labute approximate surface area is 408 Å². The Kier molecular flexibility index (Phi) is 11.3. The van der Waals surface area contributed by atoms with Gasteiger partial charge in [-0.15, -0.1) is 0 Å². The van der Waals surface area contributed by atoms with E-state index in [0.717, 1.165) is 86.4 Å². The molecule has 0 amide bonds. The van der Waals surface area contributed by atoms with Crippen LogP contribution in [0.1, 0.15) is 17.5 Å². The molecule has 0 unspecified atom stereocenters. The number of allylic oxidation sites excluding steroid dienone is 1. The monoisotopic (exact) mass is 900 g/mol. The Morgan fingerprint density at radius 3 is 1.20 bits per heavy atom. The van der Waals surface area contributed by atoms with Crippen molar-refractivity contribution in [1.82, 2.24) is 9.97 Å². The molecule has 0 bridgehead atoms. The fourth-order valence-corrected chi connectivity index (χ4v) is 9.99. The number of hydrogen-bond acceptors (Lipinski definition) is 6. The van der Waals surface area contributed by atoms with Crippen molar-refractivity contribution in [3.63, 3.8) is 0 Å². The number of anilines is 11. The molecule has 334 valence electrons. The van der Waals surface area contributed by atoms with Crippen molar-refractivity contribution in [2.24, 2.45) is 0 Å². The van der Waals surface area contributed by atoms with Crippen LogP contribution in [0.25, 0.3) is 27.5 Å². The van der Waals surface area contributed by atoms with Gasteiger partial charge in [-0.2, -0.15) is 0 Å². The molecule has 6 heteroatoms. The molecular formula is C64H48N6. The summed E-state index contributed by atoms with van der Waals surface area (Å²) in [5.74, 6) is 0. The highest BCUT2D eigenvalue weighted by Crippen LogP contribution is 2.46. The molecule has 10 aromatic carbocycles. The zero-order valence-corrected chi connectivity index (χ0v) is 38.5. The van der Waals surface area contributed by atoms with Crippen LogP contribution >= 0.6 is 0 Å². The van der Waals surface area contributed by atoms with Gasteiger partial charge in [0.05, 0.1) is 17.1 Å². The molecule has 70 heavy (non-hydrogen) atoms. The number of rotatable bonds is 12. The highest BCUT2D eigenvalue weighted by atomic mass is 15.2. The number of nitrogens with zero attached hydrogens (tertiary/aromatic N) is 6. The van der Waals surface area contributed by atoms with E-state index >= 15 is 0 Å². The van der Waals surface area contributed by atoms with Crippen molar-refractivity contribution in [2.45, 2.75) is 12.8 Å². The van der Waals surface area contributed by atoms with Crippen molar-refractivity contribution in [2.75, 3.05) is 19.6 Å². The summed E-state index contributed by atoms with van der Waals surface area (Å²) in [6.07, 6.45) is 8.00. The van der Waals surface area contributed by atoms with Crippen LogP contribution in [0.4, 0.5) is 62.6 Å². The van der Waals surface area contributed by atoms with Crippen LogP contribution in [0.3, 0.4) is 0 Å². The minimum atomic E-state index is 0.783. The lowest BCUT2D eigenvalue weighted by molar-refractivity contribution is 0.968. The molecule has 0 radical (unpaired) electrons. The Bertz CT molecular complexity index is 3600. The van der Waals surface area contributed by atoms with Gasteiger partial charge in [-0.3, -0.25) is 9.97 Å². The van der Waals surface area contributed by atoms with Crippen LogP contribution in [0.5, 0.6) is 0 Å². The summed E-state index contributed by atoms with van der Waals surface area (Å²) in [6.45, 7) is 0. The first kappa shape index (κ1) is 42.1. The van der Waals surface area contributed by atoms with Crippen LogP contribution < -0.4 is 19.6 Å². The first-order valence-corrected chi connectivity index (χ1v) is 23.9. The largest absolute Gasteiger partial charge is 0.310 e. The first-order chi connectivity index (χ1) is 34.8. The fourth-order valence-electron chi connectivity index (χ4n) is 9.99. The quantitative estimate of drug-likeness (QED) is 0.122. The highest BCUT2D eigenvalue weighted by Gasteiger charge is 2.25. The Hall–Kier alpha value is -9.26. The normalized spacial score (nSPS) is 12.0. The third-order valence-electron chi connectivity index (χ3n) is 13.1. The van der Waals surface area contributed by atoms with E-state index in [-0.39, 0.29) is 0 Å². The summed E-state index contributed by atoms with van der Waals surface area (Å²) >= 11 is 0. The summed E-state index contributed by atoms with van der Waals surface area (Å²) in [5, 5.41) is 2.38. The SMILES string of the molecule is C1=C(N(c2ccccc2)c2ccc(N(c3ccccc3)c3ccc(N(c4ccccc4)c4ccc(N(c5ccccc5)c5cccc6ccccc56)cc4)c4nccnc34)cc2)c2ccccc2CC1. The molecule has 0 spiro atoms. The van der Waals surface area contributed by atoms with E-state index in [0.29, 0.717) is 0 Å². The molecule has 1 aromatic heterocycles. The molecule has 1 heterocycles. The minimum Gasteiger partial charge on any atom is -0.310 e. The molecule has 12 rings (SSSR count). The summed E-state index contributed by atoms with van der Waals surface area (Å²) in [6, 6.07) is 88.3. The fraction of sp³-hybridized carbons (Fsp3) is 0.0312. The average molecular weight is 901 g/mol. The van der Waals surface area contributed by atoms with E-state index < -0.39 is 0 Å². The predicted octanol–water partition coefficient (Wildman–Crippen LogP) is 17.3. The molecule has 1 aliphatic rings. The van der Waals surface area contributed by atoms with Gasteiger partial charge in [0.2, 0.25) is 0 Å². The third kappa shape index (κ3) is 7.97. The highest BCUT2D eigenvalue weighted by molar-refractivity contribution is 6.04. The van der Waals surface area contributed by atoms with Crippen LogP contribution in [-0.4, -0.2) is 9.97 Å². The van der Waals surface area contributed by atoms with Gasteiger partial charge in [0.1, 0.15) is 11.0 Å². The zero-order valence-electron chi connectivity index (χ0n) is 38.5. The molecule has 6 nitrogen and oxygen atoms in total. The molecule has 0 atom stereocenters. The number of aryl methyl sites for hydroxylation is 1. The standard InChI is InChI=1S/C64H48N6/c1-5-23-49(24-6-1)67(59-33-17-21-47-19-13-15-31-57(47)59)53-35-39-55(40-36-53)69(51-27-9-3-10-28-51)61-43-44-62(64-63(61)65-45-46-66-64)70(52-29-11-4-12-30-52)56-41-37-54(38-42-56)68(50-25-7-2-8-26-50)60-34-18-22-48-20-14-16-32-58(48)60/h1-17,19-21,23-46H,18,22H2. The Morgan fingerprint density at radius 1 is 0.300 bits per heavy atom. The number of hydrogen-bond donors (Lipinski definition) is 0. The van der Waals surface area contributed by atoms with Gasteiger partial charge in [-0.1, -0.05) is 140 Å². The molecule has 11 aromatic rings. The first-order valence-electron chi connectivity index (χ1n) is 23.9. The summed E-state index contributed by atoms with van der Waals surface area (Å²) in [4.78, 5) is 19.6. The van der Waals surface area contributed by atoms with Crippen molar-refractivity contribution < 1.29 is 0 Å². The van der Waals surface area contributed by atoms with E-state index in [4.69, 9.17) is 9.97 Å². The molecule has 0 N–H and O–H groups in total. The Balaban J connectivity index is 0.959. The number of aromatic nitrogens is 2. The lowest BCUT2D eigenvalue weighted by Gasteiger charge is -2.32. The second-order valence-electron chi connectivity index (χ2n) is 17.4. The molecule has 0 aliphatic heterocycles. The van der Waals surface area contributed by atoms with E-state index in [1.54, 1.807) is 12.4 Å². The van der Waals surface area contributed by atoms with E-state index in [1.165, 1.54) is 27.6 Å². The molecule has 0 saturated carbocycles. The van der Waals surface area contributed by atoms with Gasteiger partial charge in [-0.05, 0) is 139 Å². The van der Waals surface area contributed by atoms with Crippen molar-refractivity contribution in [3.8, 4) is 0 Å².